The van der Waals surface area contributed by atoms with Crippen molar-refractivity contribution in [3.8, 4) is 0 Å². The maximum Gasteiger partial charge on any atom is 0.150 e. The molecule has 0 saturated heterocycles. The second-order valence-corrected chi connectivity index (χ2v) is 6.50. The topological polar surface area (TPSA) is 48.8 Å². The maximum absolute atomic E-state index is 6.09. The number of nitrogens with zero attached hydrogens (tertiary/aromatic N) is 2. The van der Waals surface area contributed by atoms with Crippen LogP contribution in [-0.4, -0.2) is 23.0 Å². The van der Waals surface area contributed by atoms with E-state index < -0.39 is 0 Å². The number of amidine groups is 2. The van der Waals surface area contributed by atoms with E-state index >= 15 is 0 Å². The number of dihydropyridines is 1. The number of fused-ring (bicyclic) bond motifs is 1. The Balaban J connectivity index is 0.000000989. The summed E-state index contributed by atoms with van der Waals surface area (Å²) in [5, 5.41) is 1.30. The summed E-state index contributed by atoms with van der Waals surface area (Å²) < 4.78 is 0. The summed E-state index contributed by atoms with van der Waals surface area (Å²) in [4.78, 5) is 9.23. The highest BCUT2D eigenvalue weighted by molar-refractivity contribution is 9.09. The summed E-state index contributed by atoms with van der Waals surface area (Å²) in [5.74, 6) is 1.44. The molecule has 0 bridgehead atoms. The van der Waals surface area contributed by atoms with Crippen LogP contribution in [0.1, 0.15) is 33.3 Å². The van der Waals surface area contributed by atoms with E-state index in [2.05, 4.69) is 48.9 Å². The van der Waals surface area contributed by atoms with Gasteiger partial charge in [0.05, 0.1) is 11.4 Å². The molecule has 1 aliphatic carbocycles. The number of halogens is 2. The van der Waals surface area contributed by atoms with Gasteiger partial charge >= 0.3 is 0 Å². The van der Waals surface area contributed by atoms with Crippen LogP contribution >= 0.6 is 27.5 Å². The van der Waals surface area contributed by atoms with Crippen LogP contribution in [0.3, 0.4) is 0 Å². The van der Waals surface area contributed by atoms with Gasteiger partial charge < -0.3 is 5.43 Å². The van der Waals surface area contributed by atoms with Crippen LogP contribution in [0, 0.1) is 0 Å². The molecule has 156 valence electrons. The van der Waals surface area contributed by atoms with Crippen LogP contribution in [0.2, 0.25) is 0 Å². The molecule has 2 aliphatic rings. The molecule has 0 fully saturated rings. The molecular formula is C23H30BrClN4. The van der Waals surface area contributed by atoms with Crippen molar-refractivity contribution < 1.29 is 0 Å². The quantitative estimate of drug-likeness (QED) is 0.239. The Morgan fingerprint density at radius 3 is 2.55 bits per heavy atom. The number of hydrogen-bond acceptors (Lipinski definition) is 3. The molecule has 0 amide bonds. The largest absolute Gasteiger partial charge is 0.308 e. The average Bonchev–Trinajstić information content (AvgIpc) is 2.96. The molecule has 1 aliphatic heterocycles. The van der Waals surface area contributed by atoms with E-state index in [1.54, 1.807) is 0 Å². The standard InChI is InChI=1S/C19H18BrClN4.2C2H6/c20-12-19(25-22-13-14-5-2-1-3-6-14)24-18-10-9-15-11-16(21)7-4-8-17(15)23-18;2*1-2/h1-11,17,22H,12-13H2,(H,23,24,25);2*1-2H3. The summed E-state index contributed by atoms with van der Waals surface area (Å²) >= 11 is 9.55. The Bertz CT molecular complexity index is 792. The van der Waals surface area contributed by atoms with Crippen LogP contribution in [0.25, 0.3) is 0 Å². The lowest BCUT2D eigenvalue weighted by atomic mass is 10.0. The van der Waals surface area contributed by atoms with E-state index in [0.717, 1.165) is 11.4 Å². The number of allylic oxidation sites excluding steroid dienone is 4. The predicted molar refractivity (Wildman–Crippen MR) is 132 cm³/mol. The van der Waals surface area contributed by atoms with Gasteiger partial charge in [0, 0.05) is 11.6 Å². The number of hydrazine groups is 1. The van der Waals surface area contributed by atoms with Gasteiger partial charge in [-0.25, -0.2) is 10.4 Å². The zero-order valence-electron chi connectivity index (χ0n) is 17.5. The highest BCUT2D eigenvalue weighted by Crippen LogP contribution is 2.22. The minimum Gasteiger partial charge on any atom is -0.308 e. The lowest BCUT2D eigenvalue weighted by molar-refractivity contribution is 0.652. The minimum absolute atomic E-state index is 0.0508. The third-order valence-corrected chi connectivity index (χ3v) is 4.40. The van der Waals surface area contributed by atoms with Crippen molar-refractivity contribution in [1.82, 2.24) is 10.9 Å². The Hall–Kier alpha value is -1.95. The molecule has 2 N–H and O–H groups in total. The number of nitrogens with one attached hydrogen (secondary N) is 2. The molecule has 1 unspecified atom stereocenters. The fraction of sp³-hybridized carbons (Fsp3) is 0.304. The number of hydrogen-bond donors (Lipinski definition) is 2. The highest BCUT2D eigenvalue weighted by Gasteiger charge is 2.15. The summed E-state index contributed by atoms with van der Waals surface area (Å²) in [5.41, 5.74) is 8.56. The molecule has 1 aromatic carbocycles. The SMILES string of the molecule is CC.CC.ClC1=CC=CC2N=C(N=C(CBr)NNCc3ccccc3)C=CC2=C1. The van der Waals surface area contributed by atoms with Crippen molar-refractivity contribution in [2.75, 3.05) is 5.33 Å². The first-order valence-corrected chi connectivity index (χ1v) is 11.4. The van der Waals surface area contributed by atoms with Gasteiger partial charge in [0.25, 0.3) is 0 Å². The molecule has 1 atom stereocenters. The van der Waals surface area contributed by atoms with Gasteiger partial charge in [-0.05, 0) is 29.4 Å². The lowest BCUT2D eigenvalue weighted by Crippen LogP contribution is -2.38. The average molecular weight is 478 g/mol. The van der Waals surface area contributed by atoms with E-state index in [1.807, 2.05) is 82.4 Å². The summed E-state index contributed by atoms with van der Waals surface area (Å²) in [6.07, 6.45) is 11.6. The Morgan fingerprint density at radius 2 is 1.86 bits per heavy atom. The summed E-state index contributed by atoms with van der Waals surface area (Å²) in [7, 11) is 0. The Morgan fingerprint density at radius 1 is 1.14 bits per heavy atom. The van der Waals surface area contributed by atoms with Crippen molar-refractivity contribution >= 4 is 39.2 Å². The lowest BCUT2D eigenvalue weighted by Gasteiger charge is -2.15. The first-order valence-electron chi connectivity index (χ1n) is 9.92. The van der Waals surface area contributed by atoms with Gasteiger partial charge in [0.1, 0.15) is 11.7 Å². The molecule has 1 heterocycles. The summed E-state index contributed by atoms with van der Waals surface area (Å²) in [6.45, 7) is 8.71. The van der Waals surface area contributed by atoms with Crippen LogP contribution in [-0.2, 0) is 6.54 Å². The fourth-order valence-corrected chi connectivity index (χ4v) is 2.88. The normalized spacial score (nSPS) is 17.2. The van der Waals surface area contributed by atoms with Crippen LogP contribution in [0.4, 0.5) is 0 Å². The van der Waals surface area contributed by atoms with E-state index in [4.69, 9.17) is 11.6 Å². The van der Waals surface area contributed by atoms with E-state index in [-0.39, 0.29) is 6.04 Å². The molecule has 29 heavy (non-hydrogen) atoms. The van der Waals surface area contributed by atoms with Gasteiger partial charge in [-0.1, -0.05) is 104 Å². The number of aliphatic imine (C=N–C) groups is 2. The first kappa shape index (κ1) is 25.1. The number of benzene rings is 1. The molecule has 0 saturated carbocycles. The molecule has 0 radical (unpaired) electrons. The van der Waals surface area contributed by atoms with E-state index in [0.29, 0.717) is 22.7 Å². The molecule has 0 aromatic heterocycles. The van der Waals surface area contributed by atoms with Gasteiger partial charge in [0.15, 0.2) is 0 Å². The van der Waals surface area contributed by atoms with Gasteiger partial charge in [0.2, 0.25) is 0 Å². The molecule has 6 heteroatoms. The monoisotopic (exact) mass is 476 g/mol. The van der Waals surface area contributed by atoms with Crippen molar-refractivity contribution in [2.45, 2.75) is 40.3 Å². The van der Waals surface area contributed by atoms with Crippen molar-refractivity contribution in [2.24, 2.45) is 9.98 Å². The van der Waals surface area contributed by atoms with Gasteiger partial charge in [-0.3, -0.25) is 4.99 Å². The third kappa shape index (κ3) is 8.94. The second-order valence-electron chi connectivity index (χ2n) is 5.50. The highest BCUT2D eigenvalue weighted by atomic mass is 79.9. The molecule has 0 spiro atoms. The smallest absolute Gasteiger partial charge is 0.150 e. The van der Waals surface area contributed by atoms with Crippen LogP contribution < -0.4 is 10.9 Å². The minimum atomic E-state index is -0.0508. The third-order valence-electron chi connectivity index (χ3n) is 3.64. The number of alkyl halides is 1. The van der Waals surface area contributed by atoms with Gasteiger partial charge in [-0.15, -0.1) is 0 Å². The van der Waals surface area contributed by atoms with Crippen LogP contribution in [0.15, 0.2) is 87.4 Å². The Labute approximate surface area is 188 Å². The first-order chi connectivity index (χ1) is 14.2. The molecular weight excluding hydrogens is 448 g/mol. The predicted octanol–water partition coefficient (Wildman–Crippen LogP) is 6.08. The fourth-order valence-electron chi connectivity index (χ4n) is 2.42. The zero-order valence-corrected chi connectivity index (χ0v) is 19.8. The number of rotatable bonds is 4. The second kappa shape index (κ2) is 15.0. The molecule has 3 rings (SSSR count). The summed E-state index contributed by atoms with van der Waals surface area (Å²) in [6, 6.07) is 10.1. The zero-order chi connectivity index (χ0) is 21.5. The van der Waals surface area contributed by atoms with E-state index in [1.165, 1.54) is 5.56 Å². The van der Waals surface area contributed by atoms with Crippen molar-refractivity contribution in [3.63, 3.8) is 0 Å². The van der Waals surface area contributed by atoms with Crippen LogP contribution in [0.5, 0.6) is 0 Å². The van der Waals surface area contributed by atoms with Gasteiger partial charge in [-0.2, -0.15) is 0 Å². The van der Waals surface area contributed by atoms with E-state index in [9.17, 15) is 0 Å². The Kier molecular flexibility index (Phi) is 12.9. The molecule has 4 nitrogen and oxygen atoms in total. The van der Waals surface area contributed by atoms with Crippen molar-refractivity contribution in [3.05, 3.63) is 83.0 Å². The van der Waals surface area contributed by atoms with Crippen molar-refractivity contribution in [1.29, 1.82) is 0 Å². The maximum atomic E-state index is 6.09. The molecule has 1 aromatic rings.